The minimum atomic E-state index is 0.721. The van der Waals surface area contributed by atoms with E-state index >= 15 is 0 Å². The lowest BCUT2D eigenvalue weighted by molar-refractivity contribution is 0.354. The average Bonchev–Trinajstić information content (AvgIpc) is 2.79. The predicted molar refractivity (Wildman–Crippen MR) is 117 cm³/mol. The first-order valence-electron chi connectivity index (χ1n) is 10.1. The highest BCUT2D eigenvalue weighted by Gasteiger charge is 2.20. The third kappa shape index (κ3) is 5.53. The van der Waals surface area contributed by atoms with Gasteiger partial charge >= 0.3 is 0 Å². The van der Waals surface area contributed by atoms with Crippen LogP contribution in [0.1, 0.15) is 12.5 Å². The van der Waals surface area contributed by atoms with Crippen LogP contribution in [0.5, 0.6) is 11.5 Å². The van der Waals surface area contributed by atoms with E-state index in [0.717, 1.165) is 69.0 Å². The fraction of sp³-hybridized carbons (Fsp3) is 0.455. The summed E-state index contributed by atoms with van der Waals surface area (Å²) in [6, 6.07) is 12.1. The summed E-state index contributed by atoms with van der Waals surface area (Å²) in [6.45, 7) is 7.42. The number of aliphatic imine (C=N–C) groups is 1. The fourth-order valence-electron chi connectivity index (χ4n) is 3.44. The largest absolute Gasteiger partial charge is 0.493 e. The van der Waals surface area contributed by atoms with Crippen molar-refractivity contribution in [1.29, 1.82) is 0 Å². The van der Waals surface area contributed by atoms with Gasteiger partial charge in [0.25, 0.3) is 0 Å². The van der Waals surface area contributed by atoms with Crippen molar-refractivity contribution >= 4 is 11.8 Å². The second kappa shape index (κ2) is 10.5. The lowest BCUT2D eigenvalue weighted by Gasteiger charge is -2.37. The third-order valence-electron chi connectivity index (χ3n) is 5.00. The number of nitrogens with zero attached hydrogens (tertiary/aromatic N) is 4. The zero-order chi connectivity index (χ0) is 20.5. The van der Waals surface area contributed by atoms with E-state index in [1.54, 1.807) is 14.2 Å². The number of hydrogen-bond acceptors (Lipinski definition) is 5. The van der Waals surface area contributed by atoms with E-state index < -0.39 is 0 Å². The van der Waals surface area contributed by atoms with Crippen molar-refractivity contribution in [3.05, 3.63) is 48.2 Å². The van der Waals surface area contributed by atoms with Gasteiger partial charge in [0.1, 0.15) is 5.82 Å². The molecule has 156 valence electrons. The molecule has 2 heterocycles. The molecule has 29 heavy (non-hydrogen) atoms. The van der Waals surface area contributed by atoms with E-state index in [9.17, 15) is 0 Å². The van der Waals surface area contributed by atoms with Gasteiger partial charge < -0.3 is 24.6 Å². The van der Waals surface area contributed by atoms with Gasteiger partial charge in [-0.05, 0) is 43.2 Å². The number of pyridine rings is 1. The maximum Gasteiger partial charge on any atom is 0.194 e. The van der Waals surface area contributed by atoms with Crippen LogP contribution in [0.15, 0.2) is 47.6 Å². The summed E-state index contributed by atoms with van der Waals surface area (Å²) < 4.78 is 10.7. The lowest BCUT2D eigenvalue weighted by atomic mass is 10.1. The number of benzene rings is 1. The predicted octanol–water partition coefficient (Wildman–Crippen LogP) is 2.43. The van der Waals surface area contributed by atoms with E-state index in [4.69, 9.17) is 14.5 Å². The second-order valence-electron chi connectivity index (χ2n) is 6.84. The highest BCUT2D eigenvalue weighted by atomic mass is 16.5. The van der Waals surface area contributed by atoms with Crippen LogP contribution in [0.3, 0.4) is 0 Å². The standard InChI is InChI=1S/C22H31N5O2/c1-4-23-22(25-12-10-18-8-9-19(28-2)20(17-18)29-3)27-15-13-26(14-16-27)21-7-5-6-11-24-21/h5-9,11,17H,4,10,12-16H2,1-3H3,(H,23,25). The summed E-state index contributed by atoms with van der Waals surface area (Å²) in [5.74, 6) is 3.53. The molecule has 0 amide bonds. The van der Waals surface area contributed by atoms with Crippen LogP contribution < -0.4 is 19.7 Å². The molecule has 1 aliphatic rings. The first kappa shape index (κ1) is 20.8. The smallest absolute Gasteiger partial charge is 0.194 e. The van der Waals surface area contributed by atoms with Crippen molar-refractivity contribution in [2.75, 3.05) is 58.4 Å². The van der Waals surface area contributed by atoms with Crippen LogP contribution in [0, 0.1) is 0 Å². The zero-order valence-corrected chi connectivity index (χ0v) is 17.6. The van der Waals surface area contributed by atoms with Crippen molar-refractivity contribution in [3.63, 3.8) is 0 Å². The molecule has 0 spiro atoms. The van der Waals surface area contributed by atoms with Gasteiger partial charge in [-0.15, -0.1) is 0 Å². The minimum Gasteiger partial charge on any atom is -0.493 e. The molecular formula is C22H31N5O2. The molecule has 0 saturated carbocycles. The molecular weight excluding hydrogens is 366 g/mol. The molecule has 1 aliphatic heterocycles. The number of piperazine rings is 1. The number of methoxy groups -OCH3 is 2. The highest BCUT2D eigenvalue weighted by Crippen LogP contribution is 2.27. The Morgan fingerprint density at radius 1 is 1.07 bits per heavy atom. The van der Waals surface area contributed by atoms with E-state index in [2.05, 4.69) is 39.2 Å². The van der Waals surface area contributed by atoms with Crippen molar-refractivity contribution in [2.24, 2.45) is 4.99 Å². The monoisotopic (exact) mass is 397 g/mol. The Kier molecular flexibility index (Phi) is 7.55. The molecule has 1 saturated heterocycles. The van der Waals surface area contributed by atoms with Crippen LogP contribution in [0.2, 0.25) is 0 Å². The molecule has 1 N–H and O–H groups in total. The van der Waals surface area contributed by atoms with Gasteiger partial charge in [0.15, 0.2) is 17.5 Å². The molecule has 0 unspecified atom stereocenters. The first-order valence-corrected chi connectivity index (χ1v) is 10.1. The molecule has 0 bridgehead atoms. The number of guanidine groups is 1. The van der Waals surface area contributed by atoms with Gasteiger partial charge in [0, 0.05) is 45.5 Å². The van der Waals surface area contributed by atoms with E-state index in [1.807, 2.05) is 30.5 Å². The number of rotatable bonds is 7. The minimum absolute atomic E-state index is 0.721. The number of anilines is 1. The summed E-state index contributed by atoms with van der Waals surface area (Å²) >= 11 is 0. The quantitative estimate of drug-likeness (QED) is 0.572. The summed E-state index contributed by atoms with van der Waals surface area (Å²) in [7, 11) is 3.31. The molecule has 1 aromatic heterocycles. The van der Waals surface area contributed by atoms with Crippen molar-refractivity contribution < 1.29 is 9.47 Å². The van der Waals surface area contributed by atoms with Crippen molar-refractivity contribution in [2.45, 2.75) is 13.3 Å². The van der Waals surface area contributed by atoms with Gasteiger partial charge in [-0.25, -0.2) is 4.98 Å². The average molecular weight is 398 g/mol. The highest BCUT2D eigenvalue weighted by molar-refractivity contribution is 5.80. The summed E-state index contributed by atoms with van der Waals surface area (Å²) in [4.78, 5) is 14.0. The Morgan fingerprint density at radius 3 is 2.52 bits per heavy atom. The molecule has 0 atom stereocenters. The Bertz CT molecular complexity index is 789. The maximum absolute atomic E-state index is 5.39. The number of nitrogens with one attached hydrogen (secondary N) is 1. The molecule has 7 heteroatoms. The van der Waals surface area contributed by atoms with Gasteiger partial charge in [-0.3, -0.25) is 4.99 Å². The zero-order valence-electron chi connectivity index (χ0n) is 17.6. The Balaban J connectivity index is 1.58. The number of hydrogen-bond donors (Lipinski definition) is 1. The van der Waals surface area contributed by atoms with Crippen molar-refractivity contribution in [1.82, 2.24) is 15.2 Å². The van der Waals surface area contributed by atoms with Crippen LogP contribution in [-0.4, -0.2) is 69.3 Å². The molecule has 2 aromatic rings. The number of ether oxygens (including phenoxy) is 2. The fourth-order valence-corrected chi connectivity index (χ4v) is 3.44. The normalized spacial score (nSPS) is 14.7. The van der Waals surface area contributed by atoms with Gasteiger partial charge in [0.2, 0.25) is 0 Å². The Morgan fingerprint density at radius 2 is 1.86 bits per heavy atom. The van der Waals surface area contributed by atoms with Gasteiger partial charge in [0.05, 0.1) is 14.2 Å². The summed E-state index contributed by atoms with van der Waals surface area (Å²) in [6.07, 6.45) is 2.70. The SMILES string of the molecule is CCNC(=NCCc1ccc(OC)c(OC)c1)N1CCN(c2ccccn2)CC1. The van der Waals surface area contributed by atoms with Gasteiger partial charge in [-0.1, -0.05) is 12.1 Å². The summed E-state index contributed by atoms with van der Waals surface area (Å²) in [5, 5.41) is 3.43. The van der Waals surface area contributed by atoms with Gasteiger partial charge in [-0.2, -0.15) is 0 Å². The molecule has 3 rings (SSSR count). The molecule has 0 radical (unpaired) electrons. The molecule has 0 aliphatic carbocycles. The Hall–Kier alpha value is -2.96. The van der Waals surface area contributed by atoms with E-state index in [1.165, 1.54) is 5.56 Å². The van der Waals surface area contributed by atoms with E-state index in [-0.39, 0.29) is 0 Å². The van der Waals surface area contributed by atoms with Crippen LogP contribution in [-0.2, 0) is 6.42 Å². The molecule has 1 aromatic carbocycles. The molecule has 1 fully saturated rings. The Labute approximate surface area is 173 Å². The van der Waals surface area contributed by atoms with Crippen molar-refractivity contribution in [3.8, 4) is 11.5 Å². The van der Waals surface area contributed by atoms with Crippen LogP contribution in [0.4, 0.5) is 5.82 Å². The van der Waals surface area contributed by atoms with Crippen LogP contribution >= 0.6 is 0 Å². The topological polar surface area (TPSA) is 62.2 Å². The first-order chi connectivity index (χ1) is 14.2. The maximum atomic E-state index is 5.39. The second-order valence-corrected chi connectivity index (χ2v) is 6.84. The summed E-state index contributed by atoms with van der Waals surface area (Å²) in [5.41, 5.74) is 1.18. The lowest BCUT2D eigenvalue weighted by Crippen LogP contribution is -2.52. The molecule has 7 nitrogen and oxygen atoms in total. The number of aromatic nitrogens is 1. The third-order valence-corrected chi connectivity index (χ3v) is 5.00. The van der Waals surface area contributed by atoms with Crippen LogP contribution in [0.25, 0.3) is 0 Å². The van der Waals surface area contributed by atoms with E-state index in [0.29, 0.717) is 0 Å².